The second-order valence-electron chi connectivity index (χ2n) is 9.26. The van der Waals surface area contributed by atoms with E-state index < -0.39 is 23.8 Å². The highest BCUT2D eigenvalue weighted by Crippen LogP contribution is 2.46. The van der Waals surface area contributed by atoms with Crippen LogP contribution < -0.4 is 5.32 Å². The van der Waals surface area contributed by atoms with E-state index in [1.165, 1.54) is 7.11 Å². The summed E-state index contributed by atoms with van der Waals surface area (Å²) in [6, 6.07) is 7.17. The molecule has 1 aromatic carbocycles. The van der Waals surface area contributed by atoms with Gasteiger partial charge in [0.15, 0.2) is 5.78 Å². The van der Waals surface area contributed by atoms with Gasteiger partial charge in [0.1, 0.15) is 12.0 Å². The van der Waals surface area contributed by atoms with Crippen molar-refractivity contribution in [2.75, 3.05) is 7.11 Å². The number of hydrogen-bond donors (Lipinski definition) is 1. The Balaban J connectivity index is 1.78. The number of esters is 2. The molecule has 33 heavy (non-hydrogen) atoms. The number of halogens is 1. The lowest BCUT2D eigenvalue weighted by atomic mass is 9.69. The van der Waals surface area contributed by atoms with Crippen LogP contribution in [0.2, 0.25) is 5.02 Å². The summed E-state index contributed by atoms with van der Waals surface area (Å²) in [5.74, 6) is -3.09. The second kappa shape index (κ2) is 9.72. The van der Waals surface area contributed by atoms with Crippen molar-refractivity contribution < 1.29 is 23.9 Å². The Kier molecular flexibility index (Phi) is 6.94. The molecule has 176 valence electrons. The molecular weight excluding hydrogens is 442 g/mol. The maximum atomic E-state index is 13.7. The maximum Gasteiger partial charge on any atom is 0.337 e. The zero-order valence-electron chi connectivity index (χ0n) is 19.3. The van der Waals surface area contributed by atoms with Crippen molar-refractivity contribution in [3.63, 3.8) is 0 Å². The van der Waals surface area contributed by atoms with E-state index in [1.807, 2.05) is 19.9 Å². The van der Waals surface area contributed by atoms with Crippen LogP contribution in [0.3, 0.4) is 0 Å². The summed E-state index contributed by atoms with van der Waals surface area (Å²) in [5, 5.41) is 3.80. The lowest BCUT2D eigenvalue weighted by Crippen LogP contribution is -2.43. The molecule has 0 unspecified atom stereocenters. The summed E-state index contributed by atoms with van der Waals surface area (Å²) >= 11 is 6.30. The van der Waals surface area contributed by atoms with Crippen molar-refractivity contribution in [1.82, 2.24) is 5.32 Å². The number of allylic oxidation sites excluding steroid dienone is 3. The van der Waals surface area contributed by atoms with Gasteiger partial charge in [0.05, 0.1) is 12.7 Å². The van der Waals surface area contributed by atoms with Crippen LogP contribution >= 0.6 is 11.6 Å². The standard InChI is InChI=1S/C26H30ClNO5/c1-14-12-19-23(24(29)20(14)25(30)32-3)22(16-8-7-9-17(27)13-16)21(15(2)28-19)26(31)33-18-10-5-4-6-11-18/h7-9,13-14,18,20,22,28H,4-6,10-12H2,1-3H3/t14-,20+,22+/m0/s1. The highest BCUT2D eigenvalue weighted by atomic mass is 35.5. The van der Waals surface area contributed by atoms with E-state index in [4.69, 9.17) is 21.1 Å². The van der Waals surface area contributed by atoms with Crippen molar-refractivity contribution in [1.29, 1.82) is 0 Å². The van der Waals surface area contributed by atoms with E-state index in [2.05, 4.69) is 5.32 Å². The Hall–Kier alpha value is -2.60. The third-order valence-electron chi connectivity index (χ3n) is 6.97. The van der Waals surface area contributed by atoms with Crippen LogP contribution in [0.15, 0.2) is 46.8 Å². The zero-order chi connectivity index (χ0) is 23.7. The predicted molar refractivity (Wildman–Crippen MR) is 124 cm³/mol. The molecule has 0 aromatic heterocycles. The summed E-state index contributed by atoms with van der Waals surface area (Å²) in [4.78, 5) is 39.7. The fourth-order valence-electron chi connectivity index (χ4n) is 5.37. The van der Waals surface area contributed by atoms with Gasteiger partial charge in [-0.25, -0.2) is 4.79 Å². The van der Waals surface area contributed by atoms with Gasteiger partial charge in [0, 0.05) is 27.9 Å². The van der Waals surface area contributed by atoms with Crippen LogP contribution in [-0.4, -0.2) is 30.9 Å². The van der Waals surface area contributed by atoms with Crippen molar-refractivity contribution >= 4 is 29.3 Å². The van der Waals surface area contributed by atoms with Gasteiger partial charge in [-0.2, -0.15) is 0 Å². The van der Waals surface area contributed by atoms with E-state index in [1.54, 1.807) is 18.2 Å². The van der Waals surface area contributed by atoms with Gasteiger partial charge in [-0.1, -0.05) is 37.1 Å². The molecule has 1 aromatic rings. The highest BCUT2D eigenvalue weighted by molar-refractivity contribution is 6.30. The number of benzene rings is 1. The van der Waals surface area contributed by atoms with E-state index >= 15 is 0 Å². The first-order valence-electron chi connectivity index (χ1n) is 11.6. The number of carbonyl (C=O) groups is 3. The molecule has 1 N–H and O–H groups in total. The third-order valence-corrected chi connectivity index (χ3v) is 7.21. The van der Waals surface area contributed by atoms with Gasteiger partial charge in [0.2, 0.25) is 0 Å². The van der Waals surface area contributed by atoms with Crippen molar-refractivity contribution in [2.24, 2.45) is 11.8 Å². The monoisotopic (exact) mass is 471 g/mol. The van der Waals surface area contributed by atoms with Crippen molar-refractivity contribution in [3.05, 3.63) is 57.4 Å². The van der Waals surface area contributed by atoms with Gasteiger partial charge >= 0.3 is 11.9 Å². The minimum atomic E-state index is -0.911. The van der Waals surface area contributed by atoms with Crippen LogP contribution in [0.5, 0.6) is 0 Å². The fraction of sp³-hybridized carbons (Fsp3) is 0.500. The van der Waals surface area contributed by atoms with Gasteiger partial charge < -0.3 is 14.8 Å². The van der Waals surface area contributed by atoms with Crippen molar-refractivity contribution in [2.45, 2.75) is 64.4 Å². The number of ketones is 1. The first-order valence-corrected chi connectivity index (χ1v) is 12.0. The Morgan fingerprint density at radius 1 is 1.15 bits per heavy atom. The summed E-state index contributed by atoms with van der Waals surface area (Å²) in [5.41, 5.74) is 2.94. The number of nitrogens with one attached hydrogen (secondary N) is 1. The lowest BCUT2D eigenvalue weighted by Gasteiger charge is -2.38. The van der Waals surface area contributed by atoms with Crippen LogP contribution in [-0.2, 0) is 23.9 Å². The molecule has 7 heteroatoms. The Bertz CT molecular complexity index is 1040. The Morgan fingerprint density at radius 2 is 1.88 bits per heavy atom. The average molecular weight is 472 g/mol. The fourth-order valence-corrected chi connectivity index (χ4v) is 5.57. The molecule has 1 fully saturated rings. The summed E-state index contributed by atoms with van der Waals surface area (Å²) in [6.07, 6.45) is 5.31. The Morgan fingerprint density at radius 3 is 2.55 bits per heavy atom. The number of hydrogen-bond acceptors (Lipinski definition) is 6. The molecule has 6 nitrogen and oxygen atoms in total. The minimum absolute atomic E-state index is 0.119. The summed E-state index contributed by atoms with van der Waals surface area (Å²) in [7, 11) is 1.29. The molecule has 3 aliphatic rings. The molecule has 1 saturated carbocycles. The zero-order valence-corrected chi connectivity index (χ0v) is 20.0. The first-order chi connectivity index (χ1) is 15.8. The maximum absolute atomic E-state index is 13.7. The molecule has 2 aliphatic carbocycles. The third kappa shape index (κ3) is 4.58. The number of methoxy groups -OCH3 is 1. The highest BCUT2D eigenvalue weighted by Gasteiger charge is 2.47. The summed E-state index contributed by atoms with van der Waals surface area (Å²) in [6.45, 7) is 3.70. The number of carbonyl (C=O) groups excluding carboxylic acids is 3. The van der Waals surface area contributed by atoms with Gasteiger partial charge in [0.25, 0.3) is 0 Å². The van der Waals surface area contributed by atoms with Crippen LogP contribution in [0, 0.1) is 11.8 Å². The largest absolute Gasteiger partial charge is 0.468 e. The number of ether oxygens (including phenoxy) is 2. The van der Waals surface area contributed by atoms with Crippen LogP contribution in [0.25, 0.3) is 0 Å². The topological polar surface area (TPSA) is 81.7 Å². The van der Waals surface area contributed by atoms with E-state index in [0.717, 1.165) is 43.4 Å². The van der Waals surface area contributed by atoms with E-state index in [-0.39, 0.29) is 17.8 Å². The molecule has 4 rings (SSSR count). The molecule has 1 heterocycles. The molecule has 0 spiro atoms. The molecule has 0 amide bonds. The minimum Gasteiger partial charge on any atom is -0.468 e. The number of dihydropyridines is 1. The molecule has 1 aliphatic heterocycles. The van der Waals surface area contributed by atoms with Gasteiger partial charge in [-0.3, -0.25) is 9.59 Å². The number of rotatable bonds is 4. The predicted octanol–water partition coefficient (Wildman–Crippen LogP) is 4.83. The first kappa shape index (κ1) is 23.6. The molecular formula is C26H30ClNO5. The Labute approximate surface area is 199 Å². The quantitative estimate of drug-likeness (QED) is 0.500. The normalized spacial score (nSPS) is 25.9. The SMILES string of the molecule is COC(=O)[C@H]1C(=O)C2=C(C[C@@H]1C)NC(C)=C(C(=O)OC1CCCCC1)[C@H]2c1cccc(Cl)c1. The summed E-state index contributed by atoms with van der Waals surface area (Å²) < 4.78 is 10.9. The molecule has 0 saturated heterocycles. The molecule has 3 atom stereocenters. The second-order valence-corrected chi connectivity index (χ2v) is 9.69. The van der Waals surface area contributed by atoms with Gasteiger partial charge in [-0.05, 0) is 62.6 Å². The number of Topliss-reactive ketones (excluding diaryl/α,β-unsaturated/α-hetero) is 1. The molecule has 0 bridgehead atoms. The molecule has 0 radical (unpaired) electrons. The lowest BCUT2D eigenvalue weighted by molar-refractivity contribution is -0.151. The smallest absolute Gasteiger partial charge is 0.337 e. The van der Waals surface area contributed by atoms with Gasteiger partial charge in [-0.15, -0.1) is 0 Å². The van der Waals surface area contributed by atoms with Crippen LogP contribution in [0.1, 0.15) is 63.9 Å². The van der Waals surface area contributed by atoms with E-state index in [0.29, 0.717) is 28.3 Å². The van der Waals surface area contributed by atoms with E-state index in [9.17, 15) is 14.4 Å². The van der Waals surface area contributed by atoms with Crippen LogP contribution in [0.4, 0.5) is 0 Å². The van der Waals surface area contributed by atoms with Crippen molar-refractivity contribution in [3.8, 4) is 0 Å². The average Bonchev–Trinajstić information content (AvgIpc) is 2.78.